The van der Waals surface area contributed by atoms with Crippen LogP contribution in [0.5, 0.6) is 0 Å². The van der Waals surface area contributed by atoms with Crippen molar-refractivity contribution in [2.24, 2.45) is 5.92 Å². The number of aryl methyl sites for hydroxylation is 2. The maximum absolute atomic E-state index is 4.75. The molecule has 0 aliphatic rings. The van der Waals surface area contributed by atoms with Gasteiger partial charge in [0.05, 0.1) is 11.4 Å². The van der Waals surface area contributed by atoms with Crippen molar-refractivity contribution in [3.63, 3.8) is 0 Å². The second-order valence-electron chi connectivity index (χ2n) is 6.51. The average molecular weight is 328 g/mol. The number of imidazole rings is 2. The molecule has 0 aliphatic carbocycles. The van der Waals surface area contributed by atoms with Crippen LogP contribution in [-0.4, -0.2) is 18.9 Å². The zero-order valence-electron chi connectivity index (χ0n) is 14.5. The molecule has 0 bridgehead atoms. The molecule has 3 aromatic heterocycles. The lowest BCUT2D eigenvalue weighted by molar-refractivity contribution is 0.486. The predicted octanol–water partition coefficient (Wildman–Crippen LogP) is 4.40. The standard InChI is InChI=1S/C18H24N4S/c1-12(2)9-22-15(5)14(4)19-18(22)23-11-16-10-21-8-6-7-13(3)17(21)20-16/h6-8,10,12H,9,11H2,1-5H3. The first-order chi connectivity index (χ1) is 11.0. The predicted molar refractivity (Wildman–Crippen MR) is 96.0 cm³/mol. The molecule has 23 heavy (non-hydrogen) atoms. The van der Waals surface area contributed by atoms with Crippen molar-refractivity contribution in [1.82, 2.24) is 18.9 Å². The maximum Gasteiger partial charge on any atom is 0.168 e. The SMILES string of the molecule is Cc1nc(SCc2cn3cccc(C)c3n2)n(CC(C)C)c1C. The Morgan fingerprint density at radius 3 is 2.65 bits per heavy atom. The number of fused-ring (bicyclic) bond motifs is 1. The van der Waals surface area contributed by atoms with Gasteiger partial charge in [-0.1, -0.05) is 31.7 Å². The first kappa shape index (κ1) is 16.1. The molecule has 0 unspecified atom stereocenters. The molecule has 0 fully saturated rings. The van der Waals surface area contributed by atoms with Crippen molar-refractivity contribution in [2.75, 3.05) is 0 Å². The van der Waals surface area contributed by atoms with Gasteiger partial charge in [0.1, 0.15) is 5.65 Å². The van der Waals surface area contributed by atoms with Gasteiger partial charge in [-0.05, 0) is 38.3 Å². The zero-order chi connectivity index (χ0) is 16.6. The van der Waals surface area contributed by atoms with E-state index in [1.54, 1.807) is 11.8 Å². The van der Waals surface area contributed by atoms with Crippen LogP contribution in [0.2, 0.25) is 0 Å². The molecule has 0 aromatic carbocycles. The van der Waals surface area contributed by atoms with Crippen molar-refractivity contribution in [3.05, 3.63) is 47.2 Å². The normalized spacial score (nSPS) is 11.7. The van der Waals surface area contributed by atoms with Crippen LogP contribution in [-0.2, 0) is 12.3 Å². The molecule has 5 heteroatoms. The number of thioether (sulfide) groups is 1. The van der Waals surface area contributed by atoms with E-state index in [0.29, 0.717) is 5.92 Å². The number of aromatic nitrogens is 4. The molecule has 4 nitrogen and oxygen atoms in total. The van der Waals surface area contributed by atoms with Crippen LogP contribution in [0.4, 0.5) is 0 Å². The Morgan fingerprint density at radius 2 is 1.96 bits per heavy atom. The Labute approximate surface area is 142 Å². The Morgan fingerprint density at radius 1 is 1.17 bits per heavy atom. The second-order valence-corrected chi connectivity index (χ2v) is 7.46. The Balaban J connectivity index is 1.82. The fraction of sp³-hybridized carbons (Fsp3) is 0.444. The minimum absolute atomic E-state index is 0.611. The highest BCUT2D eigenvalue weighted by Crippen LogP contribution is 2.25. The highest BCUT2D eigenvalue weighted by Gasteiger charge is 2.13. The fourth-order valence-corrected chi connectivity index (χ4v) is 3.71. The molecule has 0 spiro atoms. The molecule has 0 aliphatic heterocycles. The Kier molecular flexibility index (Phi) is 4.48. The van der Waals surface area contributed by atoms with Crippen LogP contribution in [0.1, 0.15) is 36.5 Å². The van der Waals surface area contributed by atoms with Gasteiger partial charge >= 0.3 is 0 Å². The minimum atomic E-state index is 0.611. The van der Waals surface area contributed by atoms with Gasteiger partial charge in [0.2, 0.25) is 0 Å². The number of pyridine rings is 1. The van der Waals surface area contributed by atoms with Gasteiger partial charge in [-0.3, -0.25) is 0 Å². The van der Waals surface area contributed by atoms with Crippen LogP contribution in [0.15, 0.2) is 29.7 Å². The number of hydrogen-bond donors (Lipinski definition) is 0. The third-order valence-electron chi connectivity index (χ3n) is 4.05. The van der Waals surface area contributed by atoms with Crippen molar-refractivity contribution in [2.45, 2.75) is 52.1 Å². The van der Waals surface area contributed by atoms with Crippen LogP contribution in [0.25, 0.3) is 5.65 Å². The molecule has 3 heterocycles. The summed E-state index contributed by atoms with van der Waals surface area (Å²) >= 11 is 1.77. The first-order valence-corrected chi connectivity index (χ1v) is 9.04. The van der Waals surface area contributed by atoms with E-state index in [1.807, 2.05) is 0 Å². The summed E-state index contributed by atoms with van der Waals surface area (Å²) in [5.74, 6) is 1.45. The van der Waals surface area contributed by atoms with E-state index in [0.717, 1.165) is 34.5 Å². The Hall–Kier alpha value is -1.75. The molecular weight excluding hydrogens is 304 g/mol. The van der Waals surface area contributed by atoms with Crippen LogP contribution >= 0.6 is 11.8 Å². The molecule has 0 amide bonds. The molecule has 0 saturated carbocycles. The van der Waals surface area contributed by atoms with Crippen molar-refractivity contribution >= 4 is 17.4 Å². The summed E-state index contributed by atoms with van der Waals surface area (Å²) < 4.78 is 4.44. The van der Waals surface area contributed by atoms with Gasteiger partial charge in [0.15, 0.2) is 5.16 Å². The van der Waals surface area contributed by atoms with Gasteiger partial charge in [0.25, 0.3) is 0 Å². The summed E-state index contributed by atoms with van der Waals surface area (Å²) in [4.78, 5) is 9.49. The molecule has 0 saturated heterocycles. The van der Waals surface area contributed by atoms with E-state index in [1.165, 1.54) is 11.3 Å². The quantitative estimate of drug-likeness (QED) is 0.651. The van der Waals surface area contributed by atoms with E-state index >= 15 is 0 Å². The van der Waals surface area contributed by atoms with E-state index in [4.69, 9.17) is 9.97 Å². The van der Waals surface area contributed by atoms with Gasteiger partial charge in [-0.15, -0.1) is 0 Å². The summed E-state index contributed by atoms with van der Waals surface area (Å²) in [6, 6.07) is 4.16. The fourth-order valence-electron chi connectivity index (χ4n) is 2.73. The Bertz CT molecular complexity index is 829. The van der Waals surface area contributed by atoms with Gasteiger partial charge in [-0.25, -0.2) is 9.97 Å². The largest absolute Gasteiger partial charge is 0.323 e. The lowest BCUT2D eigenvalue weighted by Gasteiger charge is -2.11. The summed E-state index contributed by atoms with van der Waals surface area (Å²) in [5, 5.41) is 1.10. The van der Waals surface area contributed by atoms with E-state index < -0.39 is 0 Å². The van der Waals surface area contributed by atoms with E-state index in [2.05, 4.69) is 68.1 Å². The monoisotopic (exact) mass is 328 g/mol. The summed E-state index contributed by atoms with van der Waals surface area (Å²) in [6.07, 6.45) is 4.17. The number of nitrogens with zero attached hydrogens (tertiary/aromatic N) is 4. The first-order valence-electron chi connectivity index (χ1n) is 8.05. The minimum Gasteiger partial charge on any atom is -0.323 e. The van der Waals surface area contributed by atoms with Gasteiger partial charge in [0, 0.05) is 30.4 Å². The smallest absolute Gasteiger partial charge is 0.168 e. The van der Waals surface area contributed by atoms with Crippen LogP contribution in [0, 0.1) is 26.7 Å². The van der Waals surface area contributed by atoms with Crippen LogP contribution in [0.3, 0.4) is 0 Å². The third-order valence-corrected chi connectivity index (χ3v) is 5.06. The van der Waals surface area contributed by atoms with Crippen LogP contribution < -0.4 is 0 Å². The topological polar surface area (TPSA) is 35.1 Å². The van der Waals surface area contributed by atoms with Gasteiger partial charge < -0.3 is 8.97 Å². The van der Waals surface area contributed by atoms with E-state index in [9.17, 15) is 0 Å². The summed E-state index contributed by atoms with van der Waals surface area (Å²) in [5.41, 5.74) is 5.74. The molecule has 0 N–H and O–H groups in total. The molecular formula is C18H24N4S. The molecule has 122 valence electrons. The van der Waals surface area contributed by atoms with Crippen molar-refractivity contribution in [3.8, 4) is 0 Å². The molecule has 3 aromatic rings. The van der Waals surface area contributed by atoms with Crippen molar-refractivity contribution in [1.29, 1.82) is 0 Å². The summed E-state index contributed by atoms with van der Waals surface area (Å²) in [6.45, 7) is 11.8. The maximum atomic E-state index is 4.75. The second kappa shape index (κ2) is 6.40. The lowest BCUT2D eigenvalue weighted by Crippen LogP contribution is -2.07. The summed E-state index contributed by atoms with van der Waals surface area (Å²) in [7, 11) is 0. The molecule has 0 atom stereocenters. The highest BCUT2D eigenvalue weighted by molar-refractivity contribution is 7.98. The highest BCUT2D eigenvalue weighted by atomic mass is 32.2. The van der Waals surface area contributed by atoms with E-state index in [-0.39, 0.29) is 0 Å². The van der Waals surface area contributed by atoms with Crippen molar-refractivity contribution < 1.29 is 0 Å². The molecule has 3 rings (SSSR count). The third kappa shape index (κ3) is 3.29. The number of hydrogen-bond acceptors (Lipinski definition) is 3. The number of rotatable bonds is 5. The molecule has 0 radical (unpaired) electrons. The van der Waals surface area contributed by atoms with Gasteiger partial charge in [-0.2, -0.15) is 0 Å². The zero-order valence-corrected chi connectivity index (χ0v) is 15.3. The lowest BCUT2D eigenvalue weighted by atomic mass is 10.2. The average Bonchev–Trinajstić information content (AvgIpc) is 3.02.